The van der Waals surface area contributed by atoms with Crippen molar-refractivity contribution in [2.24, 2.45) is 0 Å². The van der Waals surface area contributed by atoms with Crippen molar-refractivity contribution in [2.75, 3.05) is 0 Å². The molecule has 0 saturated heterocycles. The van der Waals surface area contributed by atoms with Crippen LogP contribution in [0.1, 0.15) is 31.5 Å². The first kappa shape index (κ1) is 16.9. The topological polar surface area (TPSA) is 63.0 Å². The van der Waals surface area contributed by atoms with Gasteiger partial charge >= 0.3 is 5.97 Å². The molecule has 2 aromatic carbocycles. The normalized spacial score (nSPS) is 10.3. The van der Waals surface area contributed by atoms with E-state index in [1.807, 2.05) is 56.3 Å². The van der Waals surface area contributed by atoms with Gasteiger partial charge in [0.15, 0.2) is 0 Å². The van der Waals surface area contributed by atoms with Crippen LogP contribution in [-0.4, -0.2) is 11.0 Å². The number of aromatic nitrogens is 1. The van der Waals surface area contributed by atoms with Crippen LogP contribution in [0.2, 0.25) is 0 Å². The molecule has 0 amide bonds. The number of esters is 1. The Morgan fingerprint density at radius 3 is 2.52 bits per heavy atom. The summed E-state index contributed by atoms with van der Waals surface area (Å²) in [7, 11) is 0. The third-order valence-corrected chi connectivity index (χ3v) is 4.82. The fourth-order valence-corrected chi connectivity index (χ4v) is 3.36. The van der Waals surface area contributed by atoms with E-state index in [1.54, 1.807) is 6.07 Å². The van der Waals surface area contributed by atoms with Crippen LogP contribution in [0.3, 0.4) is 0 Å². The average molecular weight is 348 g/mol. The minimum Gasteiger partial charge on any atom is -0.457 e. The third-order valence-electron chi connectivity index (χ3n) is 3.77. The van der Waals surface area contributed by atoms with Crippen molar-refractivity contribution in [1.82, 2.24) is 4.98 Å². The summed E-state index contributed by atoms with van der Waals surface area (Å²) >= 11 is 1.35. The fraction of sp³-hybridized carbons (Fsp3) is 0.150. The molecular weight excluding hydrogens is 332 g/mol. The summed E-state index contributed by atoms with van der Waals surface area (Å²) in [5.41, 5.74) is 4.09. The molecule has 0 radical (unpaired) electrons. The monoisotopic (exact) mass is 348 g/mol. The van der Waals surface area contributed by atoms with Crippen molar-refractivity contribution in [3.8, 4) is 17.2 Å². The highest BCUT2D eigenvalue weighted by Gasteiger charge is 2.15. The number of carbonyl (C=O) groups excluding carboxylic acids is 1. The highest BCUT2D eigenvalue weighted by atomic mass is 32.1. The Labute approximate surface area is 150 Å². The first-order chi connectivity index (χ1) is 12.1. The van der Waals surface area contributed by atoms with Crippen LogP contribution in [0, 0.1) is 25.2 Å². The van der Waals surface area contributed by atoms with Gasteiger partial charge in [-0.1, -0.05) is 42.5 Å². The maximum Gasteiger partial charge on any atom is 0.350 e. The van der Waals surface area contributed by atoms with Gasteiger partial charge in [0, 0.05) is 0 Å². The molecule has 4 nitrogen and oxygen atoms in total. The highest BCUT2D eigenvalue weighted by Crippen LogP contribution is 2.24. The van der Waals surface area contributed by atoms with E-state index in [2.05, 4.69) is 11.1 Å². The summed E-state index contributed by atoms with van der Waals surface area (Å²) in [6, 6.07) is 17.3. The van der Waals surface area contributed by atoms with Gasteiger partial charge in [0.05, 0.1) is 22.3 Å². The number of nitriles is 1. The molecule has 0 fully saturated rings. The molecule has 0 atom stereocenters. The Balaban J connectivity index is 1.70. The molecule has 0 aliphatic rings. The average Bonchev–Trinajstić information content (AvgIpc) is 2.98. The molecule has 5 heteroatoms. The summed E-state index contributed by atoms with van der Waals surface area (Å²) in [6.07, 6.45) is 0. The second-order valence-corrected chi connectivity index (χ2v) is 6.78. The number of rotatable bonds is 4. The zero-order chi connectivity index (χ0) is 17.8. The molecule has 124 valence electrons. The van der Waals surface area contributed by atoms with Gasteiger partial charge in [0.1, 0.15) is 11.5 Å². The molecule has 3 rings (SSSR count). The summed E-state index contributed by atoms with van der Waals surface area (Å²) in [4.78, 5) is 16.9. The first-order valence-corrected chi connectivity index (χ1v) is 8.59. The van der Waals surface area contributed by atoms with E-state index in [9.17, 15) is 10.1 Å². The Bertz CT molecular complexity index is 953. The van der Waals surface area contributed by atoms with Gasteiger partial charge in [-0.15, -0.1) is 11.3 Å². The molecule has 1 heterocycles. The van der Waals surface area contributed by atoms with E-state index in [0.717, 1.165) is 21.7 Å². The molecule has 0 bridgehead atoms. The third kappa shape index (κ3) is 3.76. The van der Waals surface area contributed by atoms with E-state index in [4.69, 9.17) is 4.74 Å². The van der Waals surface area contributed by atoms with Crippen molar-refractivity contribution in [1.29, 1.82) is 5.26 Å². The lowest BCUT2D eigenvalue weighted by Gasteiger charge is -2.07. The lowest BCUT2D eigenvalue weighted by molar-refractivity contribution is 0.0477. The SMILES string of the molecule is Cc1nc(C)c(C(=O)OCc2ccc(-c3ccccc3C#N)cc2)s1. The van der Waals surface area contributed by atoms with Crippen molar-refractivity contribution in [3.05, 3.63) is 75.2 Å². The van der Waals surface area contributed by atoms with E-state index in [1.165, 1.54) is 11.3 Å². The number of carbonyl (C=O) groups is 1. The quantitative estimate of drug-likeness (QED) is 0.644. The predicted octanol–water partition coefficient (Wildman–Crippen LogP) is 4.66. The first-order valence-electron chi connectivity index (χ1n) is 7.78. The number of hydrogen-bond acceptors (Lipinski definition) is 5. The molecular formula is C20H16N2O2S. The highest BCUT2D eigenvalue weighted by molar-refractivity contribution is 7.13. The Morgan fingerprint density at radius 2 is 1.88 bits per heavy atom. The van der Waals surface area contributed by atoms with Crippen molar-refractivity contribution >= 4 is 17.3 Å². The number of nitrogens with zero attached hydrogens (tertiary/aromatic N) is 2. The maximum absolute atomic E-state index is 12.1. The number of hydrogen-bond donors (Lipinski definition) is 0. The van der Waals surface area contributed by atoms with Crippen LogP contribution < -0.4 is 0 Å². The van der Waals surface area contributed by atoms with Crippen LogP contribution in [0.25, 0.3) is 11.1 Å². The predicted molar refractivity (Wildman–Crippen MR) is 97.3 cm³/mol. The van der Waals surface area contributed by atoms with E-state index < -0.39 is 0 Å². The summed E-state index contributed by atoms with van der Waals surface area (Å²) in [5, 5.41) is 10.1. The maximum atomic E-state index is 12.1. The minimum atomic E-state index is -0.345. The Hall–Kier alpha value is -2.97. The van der Waals surface area contributed by atoms with Crippen molar-refractivity contribution in [3.63, 3.8) is 0 Å². The summed E-state index contributed by atoms with van der Waals surface area (Å²) < 4.78 is 5.38. The van der Waals surface area contributed by atoms with E-state index >= 15 is 0 Å². The second kappa shape index (κ2) is 7.29. The molecule has 0 spiro atoms. The largest absolute Gasteiger partial charge is 0.457 e. The number of ether oxygens (including phenoxy) is 1. The molecule has 0 aliphatic carbocycles. The number of thiazole rings is 1. The molecule has 0 N–H and O–H groups in total. The smallest absolute Gasteiger partial charge is 0.350 e. The van der Waals surface area contributed by atoms with E-state index in [0.29, 0.717) is 16.1 Å². The Morgan fingerprint density at radius 1 is 1.16 bits per heavy atom. The molecule has 0 aliphatic heterocycles. The van der Waals surface area contributed by atoms with Gasteiger partial charge in [-0.2, -0.15) is 5.26 Å². The van der Waals surface area contributed by atoms with Gasteiger partial charge in [0.2, 0.25) is 0 Å². The van der Waals surface area contributed by atoms with Gasteiger partial charge in [-0.3, -0.25) is 0 Å². The van der Waals surface area contributed by atoms with Crippen LogP contribution in [-0.2, 0) is 11.3 Å². The van der Waals surface area contributed by atoms with Crippen LogP contribution in [0.4, 0.5) is 0 Å². The lowest BCUT2D eigenvalue weighted by atomic mass is 9.99. The summed E-state index contributed by atoms with van der Waals surface area (Å²) in [6.45, 7) is 3.88. The Kier molecular flexibility index (Phi) is 4.92. The zero-order valence-electron chi connectivity index (χ0n) is 13.9. The molecule has 1 aromatic heterocycles. The minimum absolute atomic E-state index is 0.204. The summed E-state index contributed by atoms with van der Waals surface area (Å²) in [5.74, 6) is -0.345. The van der Waals surface area contributed by atoms with Gasteiger partial charge < -0.3 is 4.74 Å². The zero-order valence-corrected chi connectivity index (χ0v) is 14.8. The lowest BCUT2D eigenvalue weighted by Crippen LogP contribution is -2.04. The number of benzene rings is 2. The van der Waals surface area contributed by atoms with Gasteiger partial charge in [0.25, 0.3) is 0 Å². The molecule has 0 unspecified atom stereocenters. The fourth-order valence-electron chi connectivity index (χ4n) is 2.55. The van der Waals surface area contributed by atoms with Crippen molar-refractivity contribution in [2.45, 2.75) is 20.5 Å². The van der Waals surface area contributed by atoms with E-state index in [-0.39, 0.29) is 12.6 Å². The standard InChI is InChI=1S/C20H16N2O2S/c1-13-19(25-14(2)22-13)20(23)24-12-15-7-9-16(10-8-15)18-6-4-3-5-17(18)11-21/h3-10H,12H2,1-2H3. The second-order valence-electron chi connectivity index (χ2n) is 5.58. The van der Waals surface area contributed by atoms with Gasteiger partial charge in [-0.25, -0.2) is 9.78 Å². The van der Waals surface area contributed by atoms with Crippen LogP contribution >= 0.6 is 11.3 Å². The molecule has 25 heavy (non-hydrogen) atoms. The van der Waals surface area contributed by atoms with Gasteiger partial charge in [-0.05, 0) is 36.6 Å². The molecule has 3 aromatic rings. The van der Waals surface area contributed by atoms with Crippen LogP contribution in [0.5, 0.6) is 0 Å². The van der Waals surface area contributed by atoms with Crippen molar-refractivity contribution < 1.29 is 9.53 Å². The van der Waals surface area contributed by atoms with Crippen LogP contribution in [0.15, 0.2) is 48.5 Å². The molecule has 0 saturated carbocycles. The number of aryl methyl sites for hydroxylation is 2.